The molecule has 4 nitrogen and oxygen atoms in total. The maximum absolute atomic E-state index is 13.5. The van der Waals surface area contributed by atoms with Crippen molar-refractivity contribution in [1.29, 1.82) is 0 Å². The highest BCUT2D eigenvalue weighted by Crippen LogP contribution is 2.32. The topological polar surface area (TPSA) is 55.0 Å². The molecule has 0 saturated carbocycles. The van der Waals surface area contributed by atoms with Gasteiger partial charge in [-0.2, -0.15) is 5.10 Å². The Morgan fingerprint density at radius 1 is 1.17 bits per heavy atom. The fourth-order valence-corrected chi connectivity index (χ4v) is 2.73. The van der Waals surface area contributed by atoms with Crippen LogP contribution in [0, 0.1) is 5.82 Å². The molecule has 0 unspecified atom stereocenters. The fourth-order valence-electron chi connectivity index (χ4n) is 2.13. The molecule has 7 heteroatoms. The molecule has 0 spiro atoms. The van der Waals surface area contributed by atoms with Crippen molar-refractivity contribution < 1.29 is 9.13 Å². The zero-order valence-corrected chi connectivity index (χ0v) is 14.6. The third-order valence-corrected chi connectivity index (χ3v) is 3.95. The van der Waals surface area contributed by atoms with E-state index in [2.05, 4.69) is 26.1 Å². The maximum Gasteiger partial charge on any atom is 0.264 e. The van der Waals surface area contributed by atoms with Crippen LogP contribution in [0.15, 0.2) is 57.8 Å². The third-order valence-electron chi connectivity index (χ3n) is 3.18. The van der Waals surface area contributed by atoms with Gasteiger partial charge in [0.1, 0.15) is 17.3 Å². The van der Waals surface area contributed by atoms with Crippen LogP contribution in [-0.4, -0.2) is 10.2 Å². The standard InChI is InChI=1S/C17H11BrClFN2O2/c18-11-7-12(20)9-14(8-11)24-16-6-10(1-3-15(16)19)5-13-2-4-17(23)22-21-13/h1-4,6-9H,5H2,(H,22,23). The van der Waals surface area contributed by atoms with Gasteiger partial charge in [0.2, 0.25) is 0 Å². The van der Waals surface area contributed by atoms with Crippen molar-refractivity contribution in [2.75, 3.05) is 0 Å². The lowest BCUT2D eigenvalue weighted by atomic mass is 10.1. The molecule has 0 fully saturated rings. The molecule has 2 aromatic carbocycles. The molecule has 1 aromatic heterocycles. The van der Waals surface area contributed by atoms with Crippen LogP contribution in [-0.2, 0) is 6.42 Å². The summed E-state index contributed by atoms with van der Waals surface area (Å²) in [6, 6.07) is 12.6. The van der Waals surface area contributed by atoms with Crippen molar-refractivity contribution >= 4 is 27.5 Å². The van der Waals surface area contributed by atoms with E-state index in [4.69, 9.17) is 16.3 Å². The fraction of sp³-hybridized carbons (Fsp3) is 0.0588. The van der Waals surface area contributed by atoms with Crippen LogP contribution < -0.4 is 10.3 Å². The Kier molecular flexibility index (Phi) is 4.97. The van der Waals surface area contributed by atoms with E-state index < -0.39 is 5.82 Å². The van der Waals surface area contributed by atoms with Crippen molar-refractivity contribution in [3.8, 4) is 11.5 Å². The largest absolute Gasteiger partial charge is 0.456 e. The van der Waals surface area contributed by atoms with Crippen LogP contribution in [0.5, 0.6) is 11.5 Å². The van der Waals surface area contributed by atoms with Gasteiger partial charge in [-0.1, -0.05) is 33.6 Å². The van der Waals surface area contributed by atoms with Gasteiger partial charge in [-0.3, -0.25) is 4.79 Å². The minimum Gasteiger partial charge on any atom is -0.456 e. The first kappa shape index (κ1) is 16.7. The smallest absolute Gasteiger partial charge is 0.264 e. The number of hydrogen-bond acceptors (Lipinski definition) is 3. The van der Waals surface area contributed by atoms with Gasteiger partial charge in [0.15, 0.2) is 0 Å². The Balaban J connectivity index is 1.85. The molecule has 1 heterocycles. The molecule has 3 aromatic rings. The van der Waals surface area contributed by atoms with Crippen LogP contribution in [0.3, 0.4) is 0 Å². The molecule has 0 radical (unpaired) electrons. The Morgan fingerprint density at radius 3 is 2.71 bits per heavy atom. The molecule has 0 atom stereocenters. The Morgan fingerprint density at radius 2 is 2.00 bits per heavy atom. The second kappa shape index (κ2) is 7.15. The number of ether oxygens (including phenoxy) is 1. The Hall–Kier alpha value is -2.18. The van der Waals surface area contributed by atoms with Gasteiger partial charge >= 0.3 is 0 Å². The van der Waals surface area contributed by atoms with E-state index in [1.165, 1.54) is 18.2 Å². The summed E-state index contributed by atoms with van der Waals surface area (Å²) < 4.78 is 19.7. The lowest BCUT2D eigenvalue weighted by molar-refractivity contribution is 0.476. The third kappa shape index (κ3) is 4.21. The molecule has 0 aliphatic heterocycles. The normalized spacial score (nSPS) is 10.6. The second-order valence-electron chi connectivity index (χ2n) is 5.06. The SMILES string of the molecule is O=c1ccc(Cc2ccc(Cl)c(Oc3cc(F)cc(Br)c3)c2)n[nH]1. The van der Waals surface area contributed by atoms with Crippen molar-refractivity contribution in [1.82, 2.24) is 10.2 Å². The lowest BCUT2D eigenvalue weighted by Gasteiger charge is -2.10. The first-order valence-electron chi connectivity index (χ1n) is 6.96. The van der Waals surface area contributed by atoms with E-state index >= 15 is 0 Å². The highest BCUT2D eigenvalue weighted by molar-refractivity contribution is 9.10. The Labute approximate surface area is 150 Å². The predicted octanol–water partition coefficient (Wildman–Crippen LogP) is 4.71. The van der Waals surface area contributed by atoms with Gasteiger partial charge < -0.3 is 4.74 Å². The number of aromatic amines is 1. The van der Waals surface area contributed by atoms with E-state index in [1.807, 2.05) is 6.07 Å². The van der Waals surface area contributed by atoms with Crippen LogP contribution in [0.25, 0.3) is 0 Å². The van der Waals surface area contributed by atoms with E-state index in [0.717, 1.165) is 5.56 Å². The molecule has 1 N–H and O–H groups in total. The van der Waals surface area contributed by atoms with Gasteiger partial charge in [0, 0.05) is 23.0 Å². The number of halogens is 3. The maximum atomic E-state index is 13.5. The number of benzene rings is 2. The van der Waals surface area contributed by atoms with E-state index in [-0.39, 0.29) is 5.56 Å². The molecule has 3 rings (SSSR count). The number of hydrogen-bond donors (Lipinski definition) is 1. The van der Waals surface area contributed by atoms with Crippen LogP contribution >= 0.6 is 27.5 Å². The average molecular weight is 410 g/mol. The highest BCUT2D eigenvalue weighted by atomic mass is 79.9. The van der Waals surface area contributed by atoms with Crippen LogP contribution in [0.4, 0.5) is 4.39 Å². The van der Waals surface area contributed by atoms with Gasteiger partial charge in [0.05, 0.1) is 10.7 Å². The minimum atomic E-state index is -0.413. The number of nitrogens with zero attached hydrogens (tertiary/aromatic N) is 1. The molecule has 0 saturated heterocycles. The number of H-pyrrole nitrogens is 1. The van der Waals surface area contributed by atoms with Crippen molar-refractivity contribution in [3.63, 3.8) is 0 Å². The van der Waals surface area contributed by atoms with Crippen LogP contribution in [0.2, 0.25) is 5.02 Å². The number of aromatic nitrogens is 2. The molecule has 0 aliphatic rings. The number of nitrogens with one attached hydrogen (secondary N) is 1. The zero-order valence-electron chi connectivity index (χ0n) is 12.2. The molecule has 0 bridgehead atoms. The van der Waals surface area contributed by atoms with Gasteiger partial charge in [-0.25, -0.2) is 9.49 Å². The molecule has 24 heavy (non-hydrogen) atoms. The predicted molar refractivity (Wildman–Crippen MR) is 93.3 cm³/mol. The second-order valence-corrected chi connectivity index (χ2v) is 6.38. The first-order chi connectivity index (χ1) is 11.5. The van der Waals surface area contributed by atoms with Gasteiger partial charge in [-0.15, -0.1) is 0 Å². The molecule has 122 valence electrons. The highest BCUT2D eigenvalue weighted by Gasteiger charge is 2.08. The summed E-state index contributed by atoms with van der Waals surface area (Å²) in [6.45, 7) is 0. The molecular weight excluding hydrogens is 399 g/mol. The quantitative estimate of drug-likeness (QED) is 0.679. The van der Waals surface area contributed by atoms with E-state index in [9.17, 15) is 9.18 Å². The molecule has 0 aliphatic carbocycles. The summed E-state index contributed by atoms with van der Waals surface area (Å²) in [6.07, 6.45) is 0.497. The summed E-state index contributed by atoms with van der Waals surface area (Å²) in [4.78, 5) is 11.0. The first-order valence-corrected chi connectivity index (χ1v) is 8.14. The number of rotatable bonds is 4. The van der Waals surface area contributed by atoms with Crippen molar-refractivity contribution in [2.45, 2.75) is 6.42 Å². The molecular formula is C17H11BrClFN2O2. The average Bonchev–Trinajstić information content (AvgIpc) is 2.52. The van der Waals surface area contributed by atoms with E-state index in [0.29, 0.717) is 33.1 Å². The molecule has 0 amide bonds. The minimum absolute atomic E-state index is 0.254. The summed E-state index contributed by atoms with van der Waals surface area (Å²) >= 11 is 9.37. The van der Waals surface area contributed by atoms with Crippen molar-refractivity contribution in [3.05, 3.63) is 85.5 Å². The monoisotopic (exact) mass is 408 g/mol. The Bertz CT molecular complexity index is 905. The van der Waals surface area contributed by atoms with Gasteiger partial charge in [0.25, 0.3) is 5.56 Å². The summed E-state index contributed by atoms with van der Waals surface area (Å²) in [7, 11) is 0. The van der Waals surface area contributed by atoms with Crippen LogP contribution in [0.1, 0.15) is 11.3 Å². The van der Waals surface area contributed by atoms with Crippen molar-refractivity contribution in [2.24, 2.45) is 0 Å². The summed E-state index contributed by atoms with van der Waals surface area (Å²) in [5, 5.41) is 6.77. The zero-order chi connectivity index (χ0) is 17.1. The summed E-state index contributed by atoms with van der Waals surface area (Å²) in [5.74, 6) is 0.336. The summed E-state index contributed by atoms with van der Waals surface area (Å²) in [5.41, 5.74) is 1.34. The van der Waals surface area contributed by atoms with E-state index in [1.54, 1.807) is 24.3 Å². The lowest BCUT2D eigenvalue weighted by Crippen LogP contribution is -2.07. The van der Waals surface area contributed by atoms with Gasteiger partial charge in [-0.05, 0) is 35.9 Å².